The van der Waals surface area contributed by atoms with E-state index >= 15 is 0 Å². The fraction of sp³-hybridized carbons (Fsp3) is 0.121. The summed E-state index contributed by atoms with van der Waals surface area (Å²) in [5, 5.41) is 0.959. The monoisotopic (exact) mass is 694 g/mol. The number of carbonyl (C=O) groups excluding carboxylic acids is 2. The van der Waals surface area contributed by atoms with Gasteiger partial charge in [-0.1, -0.05) is 69.5 Å². The summed E-state index contributed by atoms with van der Waals surface area (Å²) in [6.45, 7) is 4.16. The molecule has 4 aromatic rings. The van der Waals surface area contributed by atoms with Gasteiger partial charge in [0.1, 0.15) is 12.2 Å². The average Bonchev–Trinajstić information content (AvgIpc) is 2.99. The number of hydrogen-bond donors (Lipinski definition) is 0. The van der Waals surface area contributed by atoms with Gasteiger partial charge in [0.15, 0.2) is 16.6 Å². The first-order valence-corrected chi connectivity index (χ1v) is 15.1. The first-order chi connectivity index (χ1) is 20.6. The number of methoxy groups -OCH3 is 1. The lowest BCUT2D eigenvalue weighted by Crippen LogP contribution is -2.57. The Kier molecular flexibility index (Phi) is 9.22. The molecule has 1 aliphatic heterocycles. The maximum atomic E-state index is 14.0. The smallest absolute Gasteiger partial charge is 0.270 e. The SMILES string of the molecule is COc1cc(/C=C2\C(=O)N(c3ccccc3)C(=S)N(c3ccc(C)c(C)c3)C2=O)c(Br)cc1OCc1ccc(Cl)c(Cl)c1. The Morgan fingerprint density at radius 2 is 1.51 bits per heavy atom. The minimum Gasteiger partial charge on any atom is -0.493 e. The highest BCUT2D eigenvalue weighted by molar-refractivity contribution is 9.10. The van der Waals surface area contributed by atoms with Crippen LogP contribution >= 0.6 is 51.3 Å². The van der Waals surface area contributed by atoms with E-state index in [1.54, 1.807) is 36.4 Å². The molecule has 2 amide bonds. The summed E-state index contributed by atoms with van der Waals surface area (Å²) < 4.78 is 12.2. The molecule has 0 aromatic heterocycles. The second-order valence-corrected chi connectivity index (χ2v) is 11.8. The molecule has 5 rings (SSSR count). The molecule has 0 spiro atoms. The summed E-state index contributed by atoms with van der Waals surface area (Å²) in [4.78, 5) is 30.7. The second-order valence-electron chi connectivity index (χ2n) is 9.79. The molecular formula is C33H25BrCl2N2O4S. The highest BCUT2D eigenvalue weighted by Crippen LogP contribution is 2.37. The Morgan fingerprint density at radius 3 is 2.16 bits per heavy atom. The van der Waals surface area contributed by atoms with Gasteiger partial charge in [0.25, 0.3) is 11.8 Å². The van der Waals surface area contributed by atoms with E-state index in [9.17, 15) is 9.59 Å². The Labute approximate surface area is 273 Å². The highest BCUT2D eigenvalue weighted by atomic mass is 79.9. The van der Waals surface area contributed by atoms with Crippen LogP contribution in [0.5, 0.6) is 11.5 Å². The van der Waals surface area contributed by atoms with E-state index in [4.69, 9.17) is 44.9 Å². The van der Waals surface area contributed by atoms with E-state index in [2.05, 4.69) is 15.9 Å². The zero-order valence-corrected chi connectivity index (χ0v) is 27.3. The van der Waals surface area contributed by atoms with Crippen LogP contribution in [0.15, 0.2) is 88.9 Å². The van der Waals surface area contributed by atoms with Crippen molar-refractivity contribution in [2.45, 2.75) is 20.5 Å². The van der Waals surface area contributed by atoms with Crippen molar-refractivity contribution >= 4 is 85.7 Å². The Morgan fingerprint density at radius 1 is 0.814 bits per heavy atom. The second kappa shape index (κ2) is 12.9. The van der Waals surface area contributed by atoms with Gasteiger partial charge in [-0.05, 0) is 103 Å². The third kappa shape index (κ3) is 6.33. The molecule has 0 bridgehead atoms. The first-order valence-electron chi connectivity index (χ1n) is 13.1. The molecule has 43 heavy (non-hydrogen) atoms. The van der Waals surface area contributed by atoms with Crippen molar-refractivity contribution in [3.05, 3.63) is 121 Å². The fourth-order valence-corrected chi connectivity index (χ4v) is 5.64. The molecular weight excluding hydrogens is 671 g/mol. The van der Waals surface area contributed by atoms with Gasteiger partial charge in [0.05, 0.1) is 28.5 Å². The number of nitrogens with zero attached hydrogens (tertiary/aromatic N) is 2. The van der Waals surface area contributed by atoms with Gasteiger partial charge in [0.2, 0.25) is 0 Å². The maximum Gasteiger partial charge on any atom is 0.270 e. The van der Waals surface area contributed by atoms with E-state index in [0.717, 1.165) is 16.7 Å². The van der Waals surface area contributed by atoms with Crippen LogP contribution in [0.4, 0.5) is 11.4 Å². The van der Waals surface area contributed by atoms with Gasteiger partial charge in [-0.25, -0.2) is 0 Å². The first kappa shape index (κ1) is 30.8. The molecule has 1 fully saturated rings. The van der Waals surface area contributed by atoms with Crippen molar-refractivity contribution in [3.63, 3.8) is 0 Å². The molecule has 1 saturated heterocycles. The summed E-state index contributed by atoms with van der Waals surface area (Å²) >= 11 is 21.5. The number of rotatable bonds is 7. The predicted octanol–water partition coefficient (Wildman–Crippen LogP) is 8.71. The summed E-state index contributed by atoms with van der Waals surface area (Å²) in [5.41, 5.74) is 4.47. The van der Waals surface area contributed by atoms with E-state index in [1.165, 1.54) is 23.0 Å². The molecule has 218 valence electrons. The molecule has 0 radical (unpaired) electrons. The zero-order chi connectivity index (χ0) is 30.8. The molecule has 0 aliphatic carbocycles. The number of anilines is 2. The molecule has 4 aromatic carbocycles. The van der Waals surface area contributed by atoms with Crippen LogP contribution in [0.2, 0.25) is 10.0 Å². The third-order valence-corrected chi connectivity index (χ3v) is 8.76. The highest BCUT2D eigenvalue weighted by Gasteiger charge is 2.41. The van der Waals surface area contributed by atoms with Crippen LogP contribution in [0.1, 0.15) is 22.3 Å². The zero-order valence-electron chi connectivity index (χ0n) is 23.4. The lowest BCUT2D eigenvalue weighted by atomic mass is 10.0. The molecule has 0 unspecified atom stereocenters. The van der Waals surface area contributed by atoms with E-state index in [-0.39, 0.29) is 17.3 Å². The van der Waals surface area contributed by atoms with Crippen LogP contribution in [-0.2, 0) is 16.2 Å². The average molecular weight is 696 g/mol. The number of aryl methyl sites for hydroxylation is 2. The quantitative estimate of drug-likeness (QED) is 0.110. The van der Waals surface area contributed by atoms with Gasteiger partial charge >= 0.3 is 0 Å². The lowest BCUT2D eigenvalue weighted by Gasteiger charge is -2.36. The van der Waals surface area contributed by atoms with E-state index < -0.39 is 11.8 Å². The summed E-state index contributed by atoms with van der Waals surface area (Å²) in [6.07, 6.45) is 1.53. The van der Waals surface area contributed by atoms with Crippen molar-refractivity contribution in [2.75, 3.05) is 16.9 Å². The van der Waals surface area contributed by atoms with Crippen molar-refractivity contribution in [1.29, 1.82) is 0 Å². The number of benzene rings is 4. The Hall–Kier alpha value is -3.69. The van der Waals surface area contributed by atoms with Crippen LogP contribution in [-0.4, -0.2) is 24.0 Å². The van der Waals surface area contributed by atoms with Crippen LogP contribution < -0.4 is 19.3 Å². The standard InChI is InChI=1S/C33H25BrCl2N2O4S/c1-19-9-11-24(13-20(19)2)38-32(40)25(31(39)37(33(38)43)23-7-5-4-6-8-23)15-22-16-29(41-3)30(17-26(22)34)42-18-21-10-12-27(35)28(36)14-21/h4-17H,18H2,1-3H3/b25-15+. The normalized spacial score (nSPS) is 14.5. The minimum atomic E-state index is -0.535. The summed E-state index contributed by atoms with van der Waals surface area (Å²) in [5.74, 6) is -0.205. The number of hydrogen-bond acceptors (Lipinski definition) is 5. The van der Waals surface area contributed by atoms with Crippen LogP contribution in [0, 0.1) is 13.8 Å². The number of amides is 2. The predicted molar refractivity (Wildman–Crippen MR) is 179 cm³/mol. The molecule has 1 aliphatic rings. The van der Waals surface area contributed by atoms with Gasteiger partial charge in [-0.15, -0.1) is 0 Å². The lowest BCUT2D eigenvalue weighted by molar-refractivity contribution is -0.120. The molecule has 0 saturated carbocycles. The van der Waals surface area contributed by atoms with Crippen molar-refractivity contribution < 1.29 is 19.1 Å². The van der Waals surface area contributed by atoms with Gasteiger partial charge in [-0.2, -0.15) is 0 Å². The molecule has 0 atom stereocenters. The topological polar surface area (TPSA) is 59.1 Å². The number of carbonyl (C=O) groups is 2. The number of ether oxygens (including phenoxy) is 2. The Balaban J connectivity index is 1.55. The number of halogens is 3. The fourth-order valence-electron chi connectivity index (χ4n) is 4.51. The van der Waals surface area contributed by atoms with Gasteiger partial charge in [0, 0.05) is 4.47 Å². The maximum absolute atomic E-state index is 14.0. The van der Waals surface area contributed by atoms with Gasteiger partial charge < -0.3 is 9.47 Å². The molecule has 6 nitrogen and oxygen atoms in total. The Bertz CT molecular complexity index is 1800. The molecule has 10 heteroatoms. The minimum absolute atomic E-state index is 0.0668. The van der Waals surface area contributed by atoms with E-state index in [0.29, 0.717) is 43.0 Å². The van der Waals surface area contributed by atoms with Crippen molar-refractivity contribution in [2.24, 2.45) is 0 Å². The molecule has 0 N–H and O–H groups in total. The van der Waals surface area contributed by atoms with Crippen LogP contribution in [0.3, 0.4) is 0 Å². The van der Waals surface area contributed by atoms with E-state index in [1.807, 2.05) is 56.3 Å². The third-order valence-electron chi connectivity index (χ3n) is 6.97. The summed E-state index contributed by atoms with van der Waals surface area (Å²) in [7, 11) is 1.51. The van der Waals surface area contributed by atoms with Gasteiger partial charge in [-0.3, -0.25) is 19.4 Å². The molecule has 1 heterocycles. The number of thiocarbonyl (C=S) groups is 1. The number of para-hydroxylation sites is 1. The summed E-state index contributed by atoms with van der Waals surface area (Å²) in [6, 6.07) is 23.3. The largest absolute Gasteiger partial charge is 0.493 e. The van der Waals surface area contributed by atoms with Crippen LogP contribution in [0.25, 0.3) is 6.08 Å². The van der Waals surface area contributed by atoms with Crippen molar-refractivity contribution in [3.8, 4) is 11.5 Å². The van der Waals surface area contributed by atoms with Crippen molar-refractivity contribution in [1.82, 2.24) is 0 Å².